The molecule has 30 heavy (non-hydrogen) atoms. The molecular formula is C25H30N2O3. The number of rotatable bonds is 5. The second-order valence-electron chi connectivity index (χ2n) is 8.80. The predicted molar refractivity (Wildman–Crippen MR) is 118 cm³/mol. The summed E-state index contributed by atoms with van der Waals surface area (Å²) in [5.74, 6) is -0.597. The predicted octanol–water partition coefficient (Wildman–Crippen LogP) is 3.86. The number of para-hydroxylation sites is 1. The van der Waals surface area contributed by atoms with E-state index in [2.05, 4.69) is 4.90 Å². The van der Waals surface area contributed by atoms with Gasteiger partial charge >= 0.3 is 0 Å². The summed E-state index contributed by atoms with van der Waals surface area (Å²) in [7, 11) is 0. The van der Waals surface area contributed by atoms with Gasteiger partial charge in [-0.3, -0.25) is 19.4 Å². The maximum absolute atomic E-state index is 13.4. The molecule has 5 nitrogen and oxygen atoms in total. The van der Waals surface area contributed by atoms with Crippen molar-refractivity contribution in [1.29, 1.82) is 0 Å². The van der Waals surface area contributed by atoms with Crippen LogP contribution in [-0.4, -0.2) is 41.5 Å². The van der Waals surface area contributed by atoms with Gasteiger partial charge in [0.1, 0.15) is 0 Å². The molecule has 5 heteroatoms. The topological polar surface area (TPSA) is 60.9 Å². The molecule has 0 saturated carbocycles. The number of aliphatic hydroxyl groups is 1. The third-order valence-corrected chi connectivity index (χ3v) is 6.40. The monoisotopic (exact) mass is 406 g/mol. The van der Waals surface area contributed by atoms with Crippen LogP contribution >= 0.6 is 0 Å². The van der Waals surface area contributed by atoms with Crippen LogP contribution in [0.1, 0.15) is 58.3 Å². The van der Waals surface area contributed by atoms with Crippen LogP contribution in [0.3, 0.4) is 0 Å². The molecule has 158 valence electrons. The summed E-state index contributed by atoms with van der Waals surface area (Å²) in [5.41, 5.74) is 2.87. The van der Waals surface area contributed by atoms with Crippen molar-refractivity contribution in [3.05, 3.63) is 64.2 Å². The average molecular weight is 407 g/mol. The first-order valence-corrected chi connectivity index (χ1v) is 10.8. The average Bonchev–Trinajstić information content (AvgIpc) is 2.90. The fourth-order valence-electron chi connectivity index (χ4n) is 5.06. The van der Waals surface area contributed by atoms with Crippen molar-refractivity contribution in [3.8, 4) is 0 Å². The molecule has 0 spiro atoms. The number of nitrogens with zero attached hydrogens (tertiary/aromatic N) is 2. The second kappa shape index (κ2) is 7.97. The first kappa shape index (κ1) is 20.8. The molecule has 2 aromatic rings. The zero-order valence-electron chi connectivity index (χ0n) is 18.1. The standard InChI is InChI=1S/C25H30N2O3/c1-17-13-18(2)23(19(3)14-17)22(28)15-25(30)20-9-5-6-10-21(20)27(24(25)29)16-26-11-7-4-8-12-26/h5-6,9-10,13-14,30H,4,7-8,11-12,15-16H2,1-3H3. The van der Waals surface area contributed by atoms with Crippen LogP contribution in [-0.2, 0) is 10.4 Å². The number of benzene rings is 2. The number of anilines is 1. The summed E-state index contributed by atoms with van der Waals surface area (Å²) in [6.07, 6.45) is 3.22. The number of hydrogen-bond acceptors (Lipinski definition) is 4. The number of ketones is 1. The van der Waals surface area contributed by atoms with Crippen LogP contribution in [0.2, 0.25) is 0 Å². The highest BCUT2D eigenvalue weighted by Crippen LogP contribution is 2.43. The molecule has 0 aromatic heterocycles. The van der Waals surface area contributed by atoms with Gasteiger partial charge < -0.3 is 5.11 Å². The van der Waals surface area contributed by atoms with Gasteiger partial charge in [-0.05, 0) is 63.9 Å². The van der Waals surface area contributed by atoms with E-state index in [0.717, 1.165) is 42.6 Å². The molecule has 1 N–H and O–H groups in total. The Hall–Kier alpha value is -2.50. The van der Waals surface area contributed by atoms with Gasteiger partial charge in [0.2, 0.25) is 0 Å². The molecule has 2 aromatic carbocycles. The molecule has 0 bridgehead atoms. The van der Waals surface area contributed by atoms with Crippen LogP contribution in [0.25, 0.3) is 0 Å². The van der Waals surface area contributed by atoms with Crippen molar-refractivity contribution in [2.24, 2.45) is 0 Å². The number of fused-ring (bicyclic) bond motifs is 1. The number of hydrogen-bond donors (Lipinski definition) is 1. The van der Waals surface area contributed by atoms with Crippen molar-refractivity contribution in [2.45, 2.75) is 52.1 Å². The second-order valence-corrected chi connectivity index (χ2v) is 8.80. The fourth-order valence-corrected chi connectivity index (χ4v) is 5.06. The zero-order chi connectivity index (χ0) is 21.5. The Morgan fingerprint density at radius 2 is 1.67 bits per heavy atom. The number of likely N-dealkylation sites (tertiary alicyclic amines) is 1. The Bertz CT molecular complexity index is 971. The van der Waals surface area contributed by atoms with Crippen LogP contribution in [0.5, 0.6) is 0 Å². The molecule has 0 radical (unpaired) electrons. The molecule has 1 unspecified atom stereocenters. The van der Waals surface area contributed by atoms with Crippen LogP contribution in [0.4, 0.5) is 5.69 Å². The summed E-state index contributed by atoms with van der Waals surface area (Å²) < 4.78 is 0. The van der Waals surface area contributed by atoms with Gasteiger partial charge in [0.25, 0.3) is 5.91 Å². The summed E-state index contributed by atoms with van der Waals surface area (Å²) in [5, 5.41) is 11.5. The Morgan fingerprint density at radius 3 is 2.33 bits per heavy atom. The van der Waals surface area contributed by atoms with E-state index in [9.17, 15) is 14.7 Å². The van der Waals surface area contributed by atoms with Crippen molar-refractivity contribution in [1.82, 2.24) is 4.90 Å². The molecule has 1 atom stereocenters. The highest BCUT2D eigenvalue weighted by atomic mass is 16.3. The Kier molecular flexibility index (Phi) is 5.51. The third-order valence-electron chi connectivity index (χ3n) is 6.40. The maximum Gasteiger partial charge on any atom is 0.265 e. The zero-order valence-corrected chi connectivity index (χ0v) is 18.1. The number of carbonyl (C=O) groups excluding carboxylic acids is 2. The van der Waals surface area contributed by atoms with Crippen LogP contribution in [0, 0.1) is 20.8 Å². The van der Waals surface area contributed by atoms with Crippen molar-refractivity contribution in [3.63, 3.8) is 0 Å². The molecule has 0 aliphatic carbocycles. The van der Waals surface area contributed by atoms with E-state index in [1.165, 1.54) is 6.42 Å². The lowest BCUT2D eigenvalue weighted by molar-refractivity contribution is -0.136. The van der Waals surface area contributed by atoms with Crippen molar-refractivity contribution in [2.75, 3.05) is 24.7 Å². The Labute approximate surface area is 178 Å². The van der Waals surface area contributed by atoms with Gasteiger partial charge in [0, 0.05) is 11.1 Å². The molecule has 2 aliphatic heterocycles. The molecule has 2 heterocycles. The third kappa shape index (κ3) is 3.57. The molecule has 1 amide bonds. The van der Waals surface area contributed by atoms with Gasteiger partial charge in [-0.25, -0.2) is 0 Å². The van der Waals surface area contributed by atoms with E-state index < -0.39 is 11.5 Å². The van der Waals surface area contributed by atoms with Gasteiger partial charge in [0.05, 0.1) is 18.8 Å². The summed E-state index contributed by atoms with van der Waals surface area (Å²) in [6, 6.07) is 11.3. The highest BCUT2D eigenvalue weighted by Gasteiger charge is 2.51. The summed E-state index contributed by atoms with van der Waals surface area (Å²) >= 11 is 0. The normalized spacial score (nSPS) is 21.7. The van der Waals surface area contributed by atoms with E-state index in [1.807, 2.05) is 51.1 Å². The van der Waals surface area contributed by atoms with Crippen molar-refractivity contribution >= 4 is 17.4 Å². The summed E-state index contributed by atoms with van der Waals surface area (Å²) in [4.78, 5) is 30.6. The molecule has 2 aliphatic rings. The van der Waals surface area contributed by atoms with Crippen LogP contribution in [0.15, 0.2) is 36.4 Å². The number of carbonyl (C=O) groups is 2. The minimum atomic E-state index is -1.83. The van der Waals surface area contributed by atoms with Gasteiger partial charge in [-0.15, -0.1) is 0 Å². The SMILES string of the molecule is Cc1cc(C)c(C(=O)CC2(O)C(=O)N(CN3CCCCC3)c3ccccc32)c(C)c1. The number of amides is 1. The first-order valence-electron chi connectivity index (χ1n) is 10.8. The number of Topliss-reactive ketones (excluding diaryl/α,β-unsaturated/α-hetero) is 1. The fraction of sp³-hybridized carbons (Fsp3) is 0.440. The largest absolute Gasteiger partial charge is 0.375 e. The highest BCUT2D eigenvalue weighted by molar-refractivity contribution is 6.11. The molecule has 1 fully saturated rings. The van der Waals surface area contributed by atoms with E-state index in [-0.39, 0.29) is 12.2 Å². The lowest BCUT2D eigenvalue weighted by atomic mass is 9.85. The number of piperidine rings is 1. The van der Waals surface area contributed by atoms with Crippen LogP contribution < -0.4 is 4.90 Å². The Balaban J connectivity index is 1.66. The molecular weight excluding hydrogens is 376 g/mol. The lowest BCUT2D eigenvalue weighted by Crippen LogP contribution is -2.47. The minimum absolute atomic E-state index is 0.199. The maximum atomic E-state index is 13.4. The van der Waals surface area contributed by atoms with E-state index in [1.54, 1.807) is 11.0 Å². The first-order chi connectivity index (χ1) is 14.3. The summed E-state index contributed by atoms with van der Waals surface area (Å²) in [6.45, 7) is 8.16. The minimum Gasteiger partial charge on any atom is -0.375 e. The molecule has 4 rings (SSSR count). The van der Waals surface area contributed by atoms with E-state index in [0.29, 0.717) is 23.5 Å². The smallest absolute Gasteiger partial charge is 0.265 e. The quantitative estimate of drug-likeness (QED) is 0.766. The Morgan fingerprint density at radius 1 is 1.03 bits per heavy atom. The van der Waals surface area contributed by atoms with Gasteiger partial charge in [-0.1, -0.05) is 42.3 Å². The van der Waals surface area contributed by atoms with Gasteiger partial charge in [0.15, 0.2) is 11.4 Å². The van der Waals surface area contributed by atoms with Crippen molar-refractivity contribution < 1.29 is 14.7 Å². The molecule has 1 saturated heterocycles. The van der Waals surface area contributed by atoms with Gasteiger partial charge in [-0.2, -0.15) is 0 Å². The van der Waals surface area contributed by atoms with E-state index >= 15 is 0 Å². The lowest BCUT2D eigenvalue weighted by Gasteiger charge is -2.31. The number of aryl methyl sites for hydroxylation is 3. The van der Waals surface area contributed by atoms with E-state index in [4.69, 9.17) is 0 Å².